The van der Waals surface area contributed by atoms with E-state index in [0.717, 1.165) is 48.4 Å². The molecule has 1 amide bonds. The minimum atomic E-state index is -0.649. The summed E-state index contributed by atoms with van der Waals surface area (Å²) in [6.45, 7) is 0.705. The minimum Gasteiger partial charge on any atom is -0.317 e. The van der Waals surface area contributed by atoms with Gasteiger partial charge in [0, 0.05) is 17.3 Å². The number of hydrogen-bond donors (Lipinski definition) is 1. The van der Waals surface area contributed by atoms with Crippen molar-refractivity contribution in [3.8, 4) is 0 Å². The molecule has 1 aliphatic carbocycles. The van der Waals surface area contributed by atoms with Crippen LogP contribution >= 0.6 is 24.0 Å². The Morgan fingerprint density at radius 3 is 2.68 bits per heavy atom. The Kier molecular flexibility index (Phi) is 4.09. The molecular formula is C14H18Cl2N2O. The topological polar surface area (TPSA) is 46.3 Å². The van der Waals surface area contributed by atoms with Gasteiger partial charge in [-0.15, -0.1) is 12.4 Å². The number of halogens is 2. The average Bonchev–Trinajstić information content (AvgIpc) is 2.96. The Bertz CT molecular complexity index is 498. The van der Waals surface area contributed by atoms with Crippen LogP contribution in [0.2, 0.25) is 5.02 Å². The molecule has 2 N–H and O–H groups in total. The van der Waals surface area contributed by atoms with Gasteiger partial charge in [0.25, 0.3) is 0 Å². The first-order chi connectivity index (χ1) is 8.62. The molecule has 0 atom stereocenters. The molecule has 0 saturated heterocycles. The molecule has 3 rings (SSSR count). The van der Waals surface area contributed by atoms with E-state index in [4.69, 9.17) is 17.3 Å². The van der Waals surface area contributed by atoms with Crippen LogP contribution in [0, 0.1) is 0 Å². The number of nitrogens with zero attached hydrogens (tertiary/aromatic N) is 1. The van der Waals surface area contributed by atoms with Crippen LogP contribution in [0.3, 0.4) is 0 Å². The Balaban J connectivity index is 0.00000133. The summed E-state index contributed by atoms with van der Waals surface area (Å²) in [6, 6.07) is 5.73. The van der Waals surface area contributed by atoms with Crippen molar-refractivity contribution in [1.82, 2.24) is 0 Å². The van der Waals surface area contributed by atoms with E-state index >= 15 is 0 Å². The molecule has 1 heterocycles. The van der Waals surface area contributed by atoms with Gasteiger partial charge in [-0.1, -0.05) is 30.5 Å². The second-order valence-electron chi connectivity index (χ2n) is 5.31. The van der Waals surface area contributed by atoms with Crippen molar-refractivity contribution in [3.05, 3.63) is 28.8 Å². The zero-order chi connectivity index (χ0) is 12.8. The highest BCUT2D eigenvalue weighted by Crippen LogP contribution is 2.37. The maximum Gasteiger partial charge on any atom is 0.247 e. The number of amides is 1. The molecular weight excluding hydrogens is 283 g/mol. The molecule has 1 aromatic carbocycles. The van der Waals surface area contributed by atoms with Crippen LogP contribution in [0.1, 0.15) is 31.2 Å². The maximum atomic E-state index is 12.6. The highest BCUT2D eigenvalue weighted by atomic mass is 35.5. The highest BCUT2D eigenvalue weighted by molar-refractivity contribution is 6.32. The largest absolute Gasteiger partial charge is 0.317 e. The van der Waals surface area contributed by atoms with Gasteiger partial charge in [0.1, 0.15) is 0 Å². The number of anilines is 1. The number of benzene rings is 1. The summed E-state index contributed by atoms with van der Waals surface area (Å²) in [5, 5.41) is 0.750. The highest BCUT2D eigenvalue weighted by Gasteiger charge is 2.42. The van der Waals surface area contributed by atoms with Gasteiger partial charge in [-0.3, -0.25) is 4.79 Å². The molecule has 1 aromatic rings. The number of nitrogens with two attached hydrogens (primary N) is 1. The number of fused-ring (bicyclic) bond motifs is 1. The smallest absolute Gasteiger partial charge is 0.247 e. The van der Waals surface area contributed by atoms with Crippen LogP contribution in [-0.2, 0) is 11.2 Å². The molecule has 2 aliphatic rings. The third-order valence-corrected chi connectivity index (χ3v) is 4.49. The molecule has 1 fully saturated rings. The predicted octanol–water partition coefficient (Wildman–Crippen LogP) is 2.92. The molecule has 5 heteroatoms. The Hall–Kier alpha value is -0.770. The van der Waals surface area contributed by atoms with E-state index in [1.165, 1.54) is 0 Å². The standard InChI is InChI=1S/C14H17ClN2O.ClH/c15-11-4-3-5-12-10(11)6-9-17(12)13(18)14(16)7-1-2-8-14;/h3-5H,1-2,6-9,16H2;1H. The average molecular weight is 301 g/mol. The third-order valence-electron chi connectivity index (χ3n) is 4.14. The zero-order valence-electron chi connectivity index (χ0n) is 10.7. The van der Waals surface area contributed by atoms with Gasteiger partial charge in [-0.2, -0.15) is 0 Å². The van der Waals surface area contributed by atoms with Crippen molar-refractivity contribution < 1.29 is 4.79 Å². The Labute approximate surface area is 124 Å². The van der Waals surface area contributed by atoms with Crippen LogP contribution in [0.4, 0.5) is 5.69 Å². The molecule has 1 saturated carbocycles. The van der Waals surface area contributed by atoms with Crippen molar-refractivity contribution in [2.45, 2.75) is 37.6 Å². The van der Waals surface area contributed by atoms with E-state index < -0.39 is 5.54 Å². The van der Waals surface area contributed by atoms with Gasteiger partial charge in [0.2, 0.25) is 5.91 Å². The van der Waals surface area contributed by atoms with Gasteiger partial charge in [-0.05, 0) is 37.0 Å². The van der Waals surface area contributed by atoms with Crippen LogP contribution in [0.15, 0.2) is 18.2 Å². The normalized spacial score (nSPS) is 20.0. The van der Waals surface area contributed by atoms with Gasteiger partial charge < -0.3 is 10.6 Å². The van der Waals surface area contributed by atoms with Gasteiger partial charge in [0.15, 0.2) is 0 Å². The Morgan fingerprint density at radius 2 is 2.00 bits per heavy atom. The van der Waals surface area contributed by atoms with Crippen molar-refractivity contribution in [3.63, 3.8) is 0 Å². The molecule has 0 bridgehead atoms. The number of carbonyl (C=O) groups is 1. The first-order valence-corrected chi connectivity index (χ1v) is 6.88. The van der Waals surface area contributed by atoms with Gasteiger partial charge in [-0.25, -0.2) is 0 Å². The van der Waals surface area contributed by atoms with E-state index in [1.807, 2.05) is 23.1 Å². The Morgan fingerprint density at radius 1 is 1.32 bits per heavy atom. The molecule has 19 heavy (non-hydrogen) atoms. The van der Waals surface area contributed by atoms with Crippen molar-refractivity contribution in [2.75, 3.05) is 11.4 Å². The van der Waals surface area contributed by atoms with E-state index in [-0.39, 0.29) is 18.3 Å². The van der Waals surface area contributed by atoms with Crippen LogP contribution in [0.25, 0.3) is 0 Å². The maximum absolute atomic E-state index is 12.6. The SMILES string of the molecule is Cl.NC1(C(=O)N2CCc3c(Cl)cccc32)CCCC1. The van der Waals surface area contributed by atoms with E-state index in [9.17, 15) is 4.79 Å². The van der Waals surface area contributed by atoms with Crippen LogP contribution in [-0.4, -0.2) is 18.0 Å². The molecule has 1 aliphatic heterocycles. The summed E-state index contributed by atoms with van der Waals surface area (Å²) in [6.07, 6.45) is 4.55. The zero-order valence-corrected chi connectivity index (χ0v) is 12.3. The molecule has 0 spiro atoms. The molecule has 104 valence electrons. The fourth-order valence-corrected chi connectivity index (χ4v) is 3.36. The fourth-order valence-electron chi connectivity index (χ4n) is 3.09. The lowest BCUT2D eigenvalue weighted by atomic mass is 9.97. The first-order valence-electron chi connectivity index (χ1n) is 6.50. The van der Waals surface area contributed by atoms with Crippen LogP contribution in [0.5, 0.6) is 0 Å². The molecule has 0 unspecified atom stereocenters. The predicted molar refractivity (Wildman–Crippen MR) is 80.1 cm³/mol. The first kappa shape index (κ1) is 14.6. The van der Waals surface area contributed by atoms with Gasteiger partial charge in [0.05, 0.1) is 5.54 Å². The lowest BCUT2D eigenvalue weighted by molar-refractivity contribution is -0.123. The van der Waals surface area contributed by atoms with E-state index in [1.54, 1.807) is 0 Å². The van der Waals surface area contributed by atoms with Gasteiger partial charge >= 0.3 is 0 Å². The van der Waals surface area contributed by atoms with E-state index in [0.29, 0.717) is 6.54 Å². The van der Waals surface area contributed by atoms with E-state index in [2.05, 4.69) is 0 Å². The summed E-state index contributed by atoms with van der Waals surface area (Å²) in [5.41, 5.74) is 7.63. The monoisotopic (exact) mass is 300 g/mol. The summed E-state index contributed by atoms with van der Waals surface area (Å²) >= 11 is 6.16. The second kappa shape index (κ2) is 5.31. The van der Waals surface area contributed by atoms with Crippen molar-refractivity contribution in [2.24, 2.45) is 5.73 Å². The van der Waals surface area contributed by atoms with Crippen molar-refractivity contribution >= 4 is 35.6 Å². The summed E-state index contributed by atoms with van der Waals surface area (Å²) in [4.78, 5) is 14.4. The van der Waals surface area contributed by atoms with Crippen molar-refractivity contribution in [1.29, 1.82) is 0 Å². The molecule has 0 radical (unpaired) electrons. The minimum absolute atomic E-state index is 0. The molecule has 0 aromatic heterocycles. The lowest BCUT2D eigenvalue weighted by Gasteiger charge is -2.29. The molecule has 3 nitrogen and oxygen atoms in total. The number of carbonyl (C=O) groups excluding carboxylic acids is 1. The quantitative estimate of drug-likeness (QED) is 0.867. The summed E-state index contributed by atoms with van der Waals surface area (Å²) < 4.78 is 0. The number of hydrogen-bond acceptors (Lipinski definition) is 2. The summed E-state index contributed by atoms with van der Waals surface area (Å²) in [5.74, 6) is 0.0704. The fraction of sp³-hybridized carbons (Fsp3) is 0.500. The lowest BCUT2D eigenvalue weighted by Crippen LogP contribution is -2.53. The summed E-state index contributed by atoms with van der Waals surface area (Å²) in [7, 11) is 0. The second-order valence-corrected chi connectivity index (χ2v) is 5.71. The number of rotatable bonds is 1. The van der Waals surface area contributed by atoms with Crippen LogP contribution < -0.4 is 10.6 Å². The third kappa shape index (κ3) is 2.35.